The molecule has 3 fully saturated rings. The van der Waals surface area contributed by atoms with E-state index in [1.54, 1.807) is 4.90 Å². The first kappa shape index (κ1) is 34.2. The highest BCUT2D eigenvalue weighted by Gasteiger charge is 2.35. The zero-order valence-corrected chi connectivity index (χ0v) is 30.2. The van der Waals surface area contributed by atoms with Crippen molar-refractivity contribution in [3.05, 3.63) is 67.7 Å². The summed E-state index contributed by atoms with van der Waals surface area (Å²) in [6, 6.07) is 12.5. The minimum atomic E-state index is -0.712. The number of hydrogen-bond donors (Lipinski definition) is 2. The van der Waals surface area contributed by atoms with Crippen LogP contribution in [0.5, 0.6) is 0 Å². The monoisotopic (exact) mass is 771 g/mol. The molecule has 0 bridgehead atoms. The van der Waals surface area contributed by atoms with E-state index in [2.05, 4.69) is 54.2 Å². The van der Waals surface area contributed by atoms with Gasteiger partial charge in [-0.05, 0) is 126 Å². The summed E-state index contributed by atoms with van der Waals surface area (Å²) in [5.74, 6) is 1.34. The van der Waals surface area contributed by atoms with E-state index < -0.39 is 6.04 Å². The average Bonchev–Trinajstić information content (AvgIpc) is 3.48. The van der Waals surface area contributed by atoms with E-state index >= 15 is 0 Å². The number of halogens is 2. The van der Waals surface area contributed by atoms with Crippen LogP contribution in [0.4, 0.5) is 10.5 Å². The summed E-state index contributed by atoms with van der Waals surface area (Å²) in [5.41, 5.74) is 9.32. The van der Waals surface area contributed by atoms with Crippen LogP contribution in [0.15, 0.2) is 56.5 Å². The van der Waals surface area contributed by atoms with Gasteiger partial charge in [0, 0.05) is 41.5 Å². The number of amides is 3. The van der Waals surface area contributed by atoms with Crippen molar-refractivity contribution in [3.8, 4) is 0 Å². The van der Waals surface area contributed by atoms with Crippen molar-refractivity contribution in [2.75, 3.05) is 58.6 Å². The molecule has 0 unspecified atom stereocenters. The fraction of sp³-hybridized carbons (Fsp3) is 0.559. The number of nitrogens with zero attached hydrogens (tertiary/aromatic N) is 6. The fourth-order valence-corrected chi connectivity index (χ4v) is 8.77. The number of hydrazine groups is 1. The van der Waals surface area contributed by atoms with Crippen LogP contribution in [0.1, 0.15) is 49.7 Å². The number of nitrogens with two attached hydrogens (primary N) is 1. The molecule has 4 aliphatic heterocycles. The number of anilines is 1. The second-order valence-corrected chi connectivity index (χ2v) is 15.2. The Morgan fingerprint density at radius 2 is 1.49 bits per heavy atom. The SMILES string of the molecule is CN1CCC(C2CCN(C(=O)[C@@H](Cc3cc(Br)c(N)c(Br)c3)NC(=O)N3CCC(N4N=C(c5ccccc5)CN4[O-])CC3)CC2)CC1. The normalized spacial score (nSPS) is 21.6. The second-order valence-electron chi connectivity index (χ2n) is 13.4. The molecule has 0 aromatic heterocycles. The Labute approximate surface area is 294 Å². The topological polar surface area (TPSA) is 124 Å². The predicted molar refractivity (Wildman–Crippen MR) is 191 cm³/mol. The minimum absolute atomic E-state index is 0.0408. The van der Waals surface area contributed by atoms with Crippen LogP contribution in [-0.4, -0.2) is 108 Å². The molecular formula is C34H45Br2N8O3-. The van der Waals surface area contributed by atoms with Gasteiger partial charge in [-0.2, -0.15) is 5.10 Å². The Balaban J connectivity index is 1.09. The maximum atomic E-state index is 14.1. The van der Waals surface area contributed by atoms with Gasteiger partial charge < -0.3 is 31.0 Å². The maximum absolute atomic E-state index is 14.1. The number of hydroxylamine groups is 1. The molecule has 4 heterocycles. The number of likely N-dealkylation sites (tertiary alicyclic amines) is 3. The highest BCUT2D eigenvalue weighted by atomic mass is 79.9. The van der Waals surface area contributed by atoms with E-state index in [9.17, 15) is 14.8 Å². The molecule has 6 rings (SSSR count). The fourth-order valence-electron chi connectivity index (χ4n) is 7.49. The average molecular weight is 774 g/mol. The number of benzene rings is 2. The second kappa shape index (κ2) is 15.2. The number of piperidine rings is 3. The zero-order valence-electron chi connectivity index (χ0n) is 27.0. The molecule has 2 aromatic rings. The summed E-state index contributed by atoms with van der Waals surface area (Å²) in [6.45, 7) is 4.89. The Morgan fingerprint density at radius 1 is 0.915 bits per heavy atom. The van der Waals surface area contributed by atoms with E-state index in [4.69, 9.17) is 5.73 Å². The van der Waals surface area contributed by atoms with Gasteiger partial charge in [0.05, 0.1) is 24.0 Å². The van der Waals surface area contributed by atoms with Gasteiger partial charge in [0.1, 0.15) is 6.04 Å². The maximum Gasteiger partial charge on any atom is 0.318 e. The first-order valence-electron chi connectivity index (χ1n) is 16.8. The lowest BCUT2D eigenvalue weighted by Gasteiger charge is -2.42. The highest BCUT2D eigenvalue weighted by Crippen LogP contribution is 2.33. The van der Waals surface area contributed by atoms with Crippen molar-refractivity contribution in [2.45, 2.75) is 57.0 Å². The van der Waals surface area contributed by atoms with E-state index in [0.717, 1.165) is 75.9 Å². The molecule has 47 heavy (non-hydrogen) atoms. The van der Waals surface area contributed by atoms with Crippen LogP contribution in [0.3, 0.4) is 0 Å². The van der Waals surface area contributed by atoms with Gasteiger partial charge in [0.15, 0.2) is 0 Å². The molecule has 254 valence electrons. The lowest BCUT2D eigenvalue weighted by molar-refractivity contribution is -0.135. The molecule has 13 heteroatoms. The Hall–Kier alpha value is -2.71. The highest BCUT2D eigenvalue weighted by molar-refractivity contribution is 9.11. The number of carbonyl (C=O) groups is 2. The van der Waals surface area contributed by atoms with Gasteiger partial charge in [0.2, 0.25) is 5.91 Å². The summed E-state index contributed by atoms with van der Waals surface area (Å²) in [4.78, 5) is 33.9. The molecule has 0 aliphatic carbocycles. The van der Waals surface area contributed by atoms with Crippen LogP contribution in [-0.2, 0) is 11.2 Å². The van der Waals surface area contributed by atoms with Crippen LogP contribution >= 0.6 is 31.9 Å². The minimum Gasteiger partial charge on any atom is -0.766 e. The van der Waals surface area contributed by atoms with Gasteiger partial charge in [0.25, 0.3) is 0 Å². The number of carbonyl (C=O) groups excluding carboxylic acids is 2. The molecule has 3 saturated heterocycles. The zero-order chi connectivity index (χ0) is 33.1. The predicted octanol–water partition coefficient (Wildman–Crippen LogP) is 4.89. The summed E-state index contributed by atoms with van der Waals surface area (Å²) in [7, 11) is 2.19. The summed E-state index contributed by atoms with van der Waals surface area (Å²) in [6.07, 6.45) is 6.05. The lowest BCUT2D eigenvalue weighted by Crippen LogP contribution is -2.56. The van der Waals surface area contributed by atoms with E-state index in [1.807, 2.05) is 47.4 Å². The van der Waals surface area contributed by atoms with Crippen LogP contribution < -0.4 is 11.1 Å². The first-order chi connectivity index (χ1) is 22.7. The molecule has 0 spiro atoms. The van der Waals surface area contributed by atoms with E-state index in [0.29, 0.717) is 44.0 Å². The number of rotatable bonds is 7. The van der Waals surface area contributed by atoms with Crippen LogP contribution in [0.25, 0.3) is 0 Å². The third-order valence-corrected chi connectivity index (χ3v) is 11.7. The van der Waals surface area contributed by atoms with Gasteiger partial charge in [-0.1, -0.05) is 30.3 Å². The smallest absolute Gasteiger partial charge is 0.318 e. The van der Waals surface area contributed by atoms with Crippen LogP contribution in [0, 0.1) is 17.0 Å². The van der Waals surface area contributed by atoms with E-state index in [-0.39, 0.29) is 24.5 Å². The van der Waals surface area contributed by atoms with Crippen molar-refractivity contribution in [2.24, 2.45) is 16.9 Å². The first-order valence-corrected chi connectivity index (χ1v) is 18.4. The number of nitrogens with one attached hydrogen (secondary N) is 1. The molecule has 0 saturated carbocycles. The van der Waals surface area contributed by atoms with Crippen molar-refractivity contribution in [1.29, 1.82) is 0 Å². The molecule has 4 aliphatic rings. The van der Waals surface area contributed by atoms with Crippen molar-refractivity contribution in [3.63, 3.8) is 0 Å². The van der Waals surface area contributed by atoms with Gasteiger partial charge >= 0.3 is 6.03 Å². The number of hydrogen-bond acceptors (Lipinski definition) is 8. The van der Waals surface area contributed by atoms with Gasteiger partial charge in [-0.15, -0.1) is 0 Å². The lowest BCUT2D eigenvalue weighted by atomic mass is 9.79. The molecule has 0 radical (unpaired) electrons. The Kier molecular flexibility index (Phi) is 11.1. The molecule has 1 atom stereocenters. The molecule has 3 amide bonds. The third-order valence-electron chi connectivity index (χ3n) is 10.4. The van der Waals surface area contributed by atoms with Crippen molar-refractivity contribution < 1.29 is 9.59 Å². The van der Waals surface area contributed by atoms with Gasteiger partial charge in [-0.3, -0.25) is 9.97 Å². The molecule has 11 nitrogen and oxygen atoms in total. The summed E-state index contributed by atoms with van der Waals surface area (Å²) >= 11 is 7.06. The molecule has 3 N–H and O–H groups in total. The van der Waals surface area contributed by atoms with E-state index in [1.165, 1.54) is 18.0 Å². The van der Waals surface area contributed by atoms with Gasteiger partial charge in [-0.25, -0.2) is 9.91 Å². The number of hydrazone groups is 1. The summed E-state index contributed by atoms with van der Waals surface area (Å²) in [5, 5.41) is 23.0. The van der Waals surface area contributed by atoms with Crippen molar-refractivity contribution >= 4 is 55.2 Å². The Bertz CT molecular complexity index is 1420. The van der Waals surface area contributed by atoms with Crippen LogP contribution in [0.2, 0.25) is 0 Å². The quantitative estimate of drug-likeness (QED) is 0.385. The third kappa shape index (κ3) is 8.13. The summed E-state index contributed by atoms with van der Waals surface area (Å²) < 4.78 is 1.49. The largest absolute Gasteiger partial charge is 0.766 e. The molecule has 2 aromatic carbocycles. The molecular weight excluding hydrogens is 728 g/mol. The standard InChI is InChI=1S/C34H45Br2N8O3/c1-40-13-7-24(8-14-40)25-9-15-41(16-10-25)33(45)30(21-23-19-28(35)32(37)29(36)20-23)38-34(46)42-17-11-27(12-18-42)44-39-31(22-43(44)47)26-5-3-2-4-6-26/h2-6,19-20,24-25,27,30H,7-18,21-22,37H2,1H3,(H,38,46)/q-1/t30-/m1/s1. The Morgan fingerprint density at radius 3 is 2.11 bits per heavy atom. The number of urea groups is 1. The number of nitrogen functional groups attached to an aromatic ring is 1. The van der Waals surface area contributed by atoms with Crippen molar-refractivity contribution in [1.82, 2.24) is 30.3 Å².